The number of sulfonamides is 1. The van der Waals surface area contributed by atoms with E-state index in [2.05, 4.69) is 0 Å². The normalized spacial score (nSPS) is 10.4. The third-order valence-electron chi connectivity index (χ3n) is 1.38. The summed E-state index contributed by atoms with van der Waals surface area (Å²) in [6.45, 7) is 0. The zero-order valence-corrected chi connectivity index (χ0v) is 8.42. The Morgan fingerprint density at radius 3 is 1.93 bits per heavy atom. The largest absolute Gasteiger partial charge is 0.269 e. The molecule has 78 valence electrons. The van der Waals surface area contributed by atoms with E-state index in [1.807, 2.05) is 0 Å². The first-order valence-corrected chi connectivity index (χ1v) is 4.73. The summed E-state index contributed by atoms with van der Waals surface area (Å²) in [7, 11) is -3.77. The second kappa shape index (κ2) is 4.36. The van der Waals surface area contributed by atoms with Gasteiger partial charge in [-0.2, -0.15) is 0 Å². The lowest BCUT2D eigenvalue weighted by Crippen LogP contribution is -2.11. The molecular weight excluding hydrogens is 232 g/mol. The van der Waals surface area contributed by atoms with E-state index < -0.39 is 14.9 Å². The molecule has 0 heterocycles. The van der Waals surface area contributed by atoms with Gasteiger partial charge in [-0.1, -0.05) is 0 Å². The molecule has 6 nitrogen and oxygen atoms in total. The molecule has 8 heteroatoms. The predicted molar refractivity (Wildman–Crippen MR) is 51.7 cm³/mol. The lowest BCUT2D eigenvalue weighted by atomic mass is 10.3. The number of hydrogen-bond donors (Lipinski definition) is 1. The van der Waals surface area contributed by atoms with Crippen LogP contribution >= 0.6 is 12.4 Å². The summed E-state index contributed by atoms with van der Waals surface area (Å²) in [5.74, 6) is 0. The van der Waals surface area contributed by atoms with Crippen LogP contribution in [0.25, 0.3) is 0 Å². The second-order valence-electron chi connectivity index (χ2n) is 2.30. The maximum absolute atomic E-state index is 10.7. The molecule has 0 spiro atoms. The zero-order valence-electron chi connectivity index (χ0n) is 6.78. The average Bonchev–Trinajstić information content (AvgIpc) is 2.03. The van der Waals surface area contributed by atoms with Gasteiger partial charge in [0.05, 0.1) is 9.82 Å². The smallest absolute Gasteiger partial charge is 0.258 e. The fourth-order valence-electron chi connectivity index (χ4n) is 0.758. The summed E-state index contributed by atoms with van der Waals surface area (Å²) in [5.41, 5.74) is -0.174. The van der Waals surface area contributed by atoms with Gasteiger partial charge in [-0.3, -0.25) is 10.1 Å². The van der Waals surface area contributed by atoms with Crippen molar-refractivity contribution in [1.82, 2.24) is 0 Å². The Bertz CT molecular complexity index is 428. The molecule has 0 radical (unpaired) electrons. The topological polar surface area (TPSA) is 103 Å². The number of hydrogen-bond acceptors (Lipinski definition) is 4. The minimum Gasteiger partial charge on any atom is -0.258 e. The molecule has 1 aromatic rings. The first kappa shape index (κ1) is 12.8. The van der Waals surface area contributed by atoms with Crippen molar-refractivity contribution in [3.63, 3.8) is 0 Å². The molecule has 0 amide bonds. The Hall–Kier alpha value is -1.18. The second-order valence-corrected chi connectivity index (χ2v) is 3.86. The third kappa shape index (κ3) is 2.95. The molecule has 0 aromatic heterocycles. The highest BCUT2D eigenvalue weighted by Gasteiger charge is 2.10. The lowest BCUT2D eigenvalue weighted by molar-refractivity contribution is -0.384. The molecule has 0 bridgehead atoms. The molecule has 0 fully saturated rings. The molecular formula is C6H7ClN2O4S. The van der Waals surface area contributed by atoms with Crippen molar-refractivity contribution < 1.29 is 13.3 Å². The van der Waals surface area contributed by atoms with E-state index in [-0.39, 0.29) is 23.0 Å². The minimum absolute atomic E-state index is 0. The first-order valence-electron chi connectivity index (χ1n) is 3.18. The Morgan fingerprint density at radius 1 is 1.21 bits per heavy atom. The van der Waals surface area contributed by atoms with Crippen LogP contribution in [0.4, 0.5) is 5.69 Å². The monoisotopic (exact) mass is 238 g/mol. The zero-order chi connectivity index (χ0) is 10.1. The molecule has 0 aliphatic rings. The van der Waals surface area contributed by atoms with E-state index in [1.54, 1.807) is 0 Å². The van der Waals surface area contributed by atoms with Crippen LogP contribution in [0.5, 0.6) is 0 Å². The number of rotatable bonds is 2. The van der Waals surface area contributed by atoms with Crippen LogP contribution in [0.2, 0.25) is 0 Å². The van der Waals surface area contributed by atoms with Crippen LogP contribution in [-0.4, -0.2) is 13.3 Å². The number of benzene rings is 1. The van der Waals surface area contributed by atoms with Crippen molar-refractivity contribution >= 4 is 28.1 Å². The van der Waals surface area contributed by atoms with Gasteiger partial charge in [0.1, 0.15) is 0 Å². The van der Waals surface area contributed by atoms with Gasteiger partial charge >= 0.3 is 0 Å². The molecule has 0 saturated heterocycles. The number of primary sulfonamides is 1. The van der Waals surface area contributed by atoms with Crippen molar-refractivity contribution in [2.75, 3.05) is 0 Å². The molecule has 0 saturated carbocycles. The number of halogens is 1. The van der Waals surface area contributed by atoms with Gasteiger partial charge < -0.3 is 0 Å². The molecule has 1 rings (SSSR count). The van der Waals surface area contributed by atoms with E-state index in [0.717, 1.165) is 24.3 Å². The SMILES string of the molecule is Cl.NS(=O)(=O)c1ccc([N+](=O)[O-])cc1. The van der Waals surface area contributed by atoms with Gasteiger partial charge in [-0.25, -0.2) is 13.6 Å². The van der Waals surface area contributed by atoms with Crippen LogP contribution in [0, 0.1) is 10.1 Å². The van der Waals surface area contributed by atoms with E-state index in [0.29, 0.717) is 0 Å². The number of nitrogens with zero attached hydrogens (tertiary/aromatic N) is 1. The molecule has 0 unspecified atom stereocenters. The van der Waals surface area contributed by atoms with Crippen LogP contribution in [0.3, 0.4) is 0 Å². The first-order chi connectivity index (χ1) is 5.91. The lowest BCUT2D eigenvalue weighted by Gasteiger charge is -1.95. The summed E-state index contributed by atoms with van der Waals surface area (Å²) in [6, 6.07) is 4.35. The van der Waals surface area contributed by atoms with E-state index >= 15 is 0 Å². The summed E-state index contributed by atoms with van der Waals surface area (Å²) >= 11 is 0. The molecule has 1 aromatic carbocycles. The number of nitro groups is 1. The number of non-ortho nitro benzene ring substituents is 1. The van der Waals surface area contributed by atoms with Crippen LogP contribution in [-0.2, 0) is 10.0 Å². The summed E-state index contributed by atoms with van der Waals surface area (Å²) in [6.07, 6.45) is 0. The highest BCUT2D eigenvalue weighted by molar-refractivity contribution is 7.89. The van der Waals surface area contributed by atoms with Crippen molar-refractivity contribution in [2.24, 2.45) is 5.14 Å². The maximum Gasteiger partial charge on any atom is 0.269 e. The third-order valence-corrected chi connectivity index (χ3v) is 2.31. The predicted octanol–water partition coefficient (Wildman–Crippen LogP) is 0.664. The molecule has 14 heavy (non-hydrogen) atoms. The molecule has 0 atom stereocenters. The van der Waals surface area contributed by atoms with Crippen LogP contribution in [0.1, 0.15) is 0 Å². The summed E-state index contributed by atoms with van der Waals surface area (Å²) in [5, 5.41) is 15.0. The standard InChI is InChI=1S/C6H6N2O4S.ClH/c7-13(11,12)6-3-1-5(2-4-6)8(9)10;/h1-4H,(H2,7,11,12);1H. The minimum atomic E-state index is -3.77. The van der Waals surface area contributed by atoms with Gasteiger partial charge in [0.15, 0.2) is 0 Å². The molecule has 0 aliphatic heterocycles. The van der Waals surface area contributed by atoms with Crippen molar-refractivity contribution in [2.45, 2.75) is 4.90 Å². The quantitative estimate of drug-likeness (QED) is 0.604. The van der Waals surface area contributed by atoms with Crippen LogP contribution in [0.15, 0.2) is 29.2 Å². The Kier molecular flexibility index (Phi) is 3.99. The van der Waals surface area contributed by atoms with Crippen molar-refractivity contribution in [3.8, 4) is 0 Å². The highest BCUT2D eigenvalue weighted by Crippen LogP contribution is 2.14. The summed E-state index contributed by atoms with van der Waals surface area (Å²) in [4.78, 5) is 9.43. The Morgan fingerprint density at radius 2 is 1.64 bits per heavy atom. The summed E-state index contributed by atoms with van der Waals surface area (Å²) < 4.78 is 21.4. The average molecular weight is 239 g/mol. The van der Waals surface area contributed by atoms with E-state index in [1.165, 1.54) is 0 Å². The van der Waals surface area contributed by atoms with E-state index in [4.69, 9.17) is 5.14 Å². The Labute approximate surface area is 86.3 Å². The van der Waals surface area contributed by atoms with Crippen LogP contribution < -0.4 is 5.14 Å². The molecule has 0 aliphatic carbocycles. The van der Waals surface area contributed by atoms with Gasteiger partial charge in [0.2, 0.25) is 10.0 Å². The highest BCUT2D eigenvalue weighted by atomic mass is 35.5. The van der Waals surface area contributed by atoms with E-state index in [9.17, 15) is 18.5 Å². The van der Waals surface area contributed by atoms with Crippen molar-refractivity contribution in [3.05, 3.63) is 34.4 Å². The fourth-order valence-corrected chi connectivity index (χ4v) is 1.27. The van der Waals surface area contributed by atoms with Gasteiger partial charge in [-0.05, 0) is 12.1 Å². The Balaban J connectivity index is 0.00000169. The van der Waals surface area contributed by atoms with Gasteiger partial charge in [-0.15, -0.1) is 12.4 Å². The molecule has 2 N–H and O–H groups in total. The number of nitro benzene ring substituents is 1. The fraction of sp³-hybridized carbons (Fsp3) is 0. The maximum atomic E-state index is 10.7. The van der Waals surface area contributed by atoms with Crippen molar-refractivity contribution in [1.29, 1.82) is 0 Å². The number of nitrogens with two attached hydrogens (primary N) is 1. The van der Waals surface area contributed by atoms with Gasteiger partial charge in [0, 0.05) is 12.1 Å². The van der Waals surface area contributed by atoms with Gasteiger partial charge in [0.25, 0.3) is 5.69 Å².